The largest absolute Gasteiger partial charge is 0.464 e. The summed E-state index contributed by atoms with van der Waals surface area (Å²) in [4.78, 5) is 37.2. The van der Waals surface area contributed by atoms with E-state index < -0.39 is 61.4 Å². The molecule has 1 saturated heterocycles. The monoisotopic (exact) mass is 521 g/mol. The average Bonchev–Trinajstić information content (AvgIpc) is 3.05. The number of hydrogen-bond acceptors (Lipinski definition) is 9. The number of aromatic nitrogens is 2. The lowest BCUT2D eigenvalue weighted by Gasteiger charge is -2.29. The van der Waals surface area contributed by atoms with Crippen LogP contribution in [0.1, 0.15) is 33.4 Å². The Labute approximate surface area is 208 Å². The number of ether oxygens (including phenoxy) is 2. The minimum atomic E-state index is -4.08. The molecule has 2 aromatic rings. The highest BCUT2D eigenvalue weighted by atomic mass is 31.2. The van der Waals surface area contributed by atoms with E-state index >= 15 is 0 Å². The van der Waals surface area contributed by atoms with Gasteiger partial charge in [-0.05, 0) is 19.1 Å². The highest BCUT2D eigenvalue weighted by molar-refractivity contribution is 7.52. The molecule has 0 aliphatic carbocycles. The van der Waals surface area contributed by atoms with Crippen LogP contribution in [0.15, 0.2) is 52.2 Å². The number of aliphatic hydroxyl groups is 1. The molecule has 1 aliphatic heterocycles. The lowest BCUT2D eigenvalue weighted by Crippen LogP contribution is -2.38. The molecule has 1 fully saturated rings. The second-order valence-corrected chi connectivity index (χ2v) is 10.3. The molecule has 0 saturated carbocycles. The van der Waals surface area contributed by atoms with Gasteiger partial charge in [0.05, 0.1) is 20.6 Å². The van der Waals surface area contributed by atoms with Gasteiger partial charge in [0.2, 0.25) is 0 Å². The third-order valence-electron chi connectivity index (χ3n) is 5.47. The third-order valence-corrected chi connectivity index (χ3v) is 7.17. The number of para-hydroxylation sites is 1. The first-order chi connectivity index (χ1) is 16.9. The Morgan fingerprint density at radius 1 is 1.33 bits per heavy atom. The maximum absolute atomic E-state index is 13.6. The lowest BCUT2D eigenvalue weighted by molar-refractivity contribution is -0.143. The van der Waals surface area contributed by atoms with E-state index in [0.717, 1.165) is 10.6 Å². The smallest absolute Gasteiger partial charge is 0.459 e. The zero-order valence-corrected chi connectivity index (χ0v) is 21.1. The van der Waals surface area contributed by atoms with Gasteiger partial charge < -0.3 is 19.1 Å². The second kappa shape index (κ2) is 11.6. The first kappa shape index (κ1) is 27.9. The van der Waals surface area contributed by atoms with Crippen molar-refractivity contribution in [1.29, 1.82) is 0 Å². The number of carbonyl (C=O) groups is 1. The van der Waals surface area contributed by atoms with E-state index in [9.17, 15) is 24.1 Å². The van der Waals surface area contributed by atoms with Gasteiger partial charge in [-0.2, -0.15) is 0 Å². The van der Waals surface area contributed by atoms with Crippen LogP contribution >= 0.6 is 7.75 Å². The van der Waals surface area contributed by atoms with Crippen molar-refractivity contribution in [3.8, 4) is 5.75 Å². The summed E-state index contributed by atoms with van der Waals surface area (Å²) in [6.07, 6.45) is -2.20. The third kappa shape index (κ3) is 6.74. The number of nitrogens with zero attached hydrogens (tertiary/aromatic N) is 1. The number of aromatic amines is 1. The van der Waals surface area contributed by atoms with Crippen molar-refractivity contribution in [2.75, 3.05) is 13.2 Å². The summed E-state index contributed by atoms with van der Waals surface area (Å²) in [6, 6.07) is 8.78. The molecule has 6 atom stereocenters. The molecule has 2 radical (unpaired) electrons. The highest BCUT2D eigenvalue weighted by Crippen LogP contribution is 2.50. The summed E-state index contributed by atoms with van der Waals surface area (Å²) in [5.41, 5.74) is -1.37. The number of H-pyrrole nitrogens is 1. The number of carbonyl (C=O) groups excluding carboxylic acids is 1. The van der Waals surface area contributed by atoms with Gasteiger partial charge in [0.25, 0.3) is 5.56 Å². The molecule has 12 nitrogen and oxygen atoms in total. The standard InChI is InChI=1S/C22H29BN3O9P/c1-4-18(28)32-12-14(2)25-36(31,35-15-8-6-5-7-9-15)33-13-16-19(29)22(3,23)20(34-16)26-11-10-17(27)24-21(26)30/h5-11,14,16,19-20,29H,4,12-13H2,1-3H3,(H,25,31)(H,24,27,30)/t14-,16+,19+,20+,22+,36?/m0/s1. The van der Waals surface area contributed by atoms with Crippen LogP contribution in [0.5, 0.6) is 5.75 Å². The Bertz CT molecular complexity index is 1200. The average molecular weight is 521 g/mol. The van der Waals surface area contributed by atoms with Crippen LogP contribution in [0, 0.1) is 0 Å². The van der Waals surface area contributed by atoms with Gasteiger partial charge in [-0.25, -0.2) is 14.4 Å². The maximum atomic E-state index is 13.6. The second-order valence-electron chi connectivity index (χ2n) is 8.62. The van der Waals surface area contributed by atoms with E-state index in [4.69, 9.17) is 26.4 Å². The minimum Gasteiger partial charge on any atom is -0.464 e. The van der Waals surface area contributed by atoms with Gasteiger partial charge in [0.1, 0.15) is 24.7 Å². The fourth-order valence-corrected chi connectivity index (χ4v) is 5.09. The highest BCUT2D eigenvalue weighted by Gasteiger charge is 2.51. The molecular weight excluding hydrogens is 492 g/mol. The van der Waals surface area contributed by atoms with E-state index in [2.05, 4.69) is 10.1 Å². The van der Waals surface area contributed by atoms with Crippen LogP contribution in [0.3, 0.4) is 0 Å². The van der Waals surface area contributed by atoms with Crippen LogP contribution < -0.4 is 20.9 Å². The molecule has 3 N–H and O–H groups in total. The number of hydrogen-bond donors (Lipinski definition) is 3. The first-order valence-corrected chi connectivity index (χ1v) is 12.9. The van der Waals surface area contributed by atoms with Crippen molar-refractivity contribution in [2.45, 2.75) is 57.0 Å². The molecule has 1 aromatic carbocycles. The Kier molecular flexibility index (Phi) is 8.96. The molecule has 194 valence electrons. The molecule has 1 unspecified atom stereocenters. The molecule has 1 aromatic heterocycles. The van der Waals surface area contributed by atoms with E-state index in [1.54, 1.807) is 44.2 Å². The van der Waals surface area contributed by atoms with Crippen molar-refractivity contribution in [2.24, 2.45) is 0 Å². The van der Waals surface area contributed by atoms with Crippen LogP contribution in [0.4, 0.5) is 0 Å². The molecule has 1 aliphatic rings. The quantitative estimate of drug-likeness (QED) is 0.224. The fourth-order valence-electron chi connectivity index (χ4n) is 3.55. The topological polar surface area (TPSA) is 158 Å². The molecule has 0 spiro atoms. The number of esters is 1. The van der Waals surface area contributed by atoms with Crippen molar-refractivity contribution in [3.63, 3.8) is 0 Å². The first-order valence-electron chi connectivity index (χ1n) is 11.3. The summed E-state index contributed by atoms with van der Waals surface area (Å²) >= 11 is 0. The Hall–Kier alpha value is -2.70. The van der Waals surface area contributed by atoms with E-state index in [-0.39, 0.29) is 18.8 Å². The Morgan fingerprint density at radius 3 is 2.67 bits per heavy atom. The lowest BCUT2D eigenvalue weighted by atomic mass is 9.65. The van der Waals surface area contributed by atoms with Gasteiger partial charge in [-0.15, -0.1) is 0 Å². The Balaban J connectivity index is 1.76. The number of nitrogens with one attached hydrogen (secondary N) is 2. The summed E-state index contributed by atoms with van der Waals surface area (Å²) in [5.74, 6) is -0.170. The van der Waals surface area contributed by atoms with Crippen LogP contribution in [-0.4, -0.2) is 59.9 Å². The molecule has 3 rings (SSSR count). The normalized spacial score (nSPS) is 26.2. The SMILES string of the molecule is [B][C@]1(C)[C@H](O)[C@@H](COP(=O)(N[C@@H](C)COC(=O)CC)Oc2ccccc2)O[C@H]1n1ccc(=O)[nH]c1=O. The van der Waals surface area contributed by atoms with Gasteiger partial charge in [0, 0.05) is 30.0 Å². The molecule has 14 heteroatoms. The van der Waals surface area contributed by atoms with Gasteiger partial charge >= 0.3 is 19.4 Å². The molecule has 2 heterocycles. The zero-order valence-electron chi connectivity index (χ0n) is 20.2. The van der Waals surface area contributed by atoms with E-state index in [1.807, 2.05) is 0 Å². The molecule has 0 amide bonds. The van der Waals surface area contributed by atoms with Crippen molar-refractivity contribution < 1.29 is 33.0 Å². The predicted octanol–water partition coefficient (Wildman–Crippen LogP) is 1.28. The molecule has 0 bridgehead atoms. The van der Waals surface area contributed by atoms with E-state index in [0.29, 0.717) is 0 Å². The predicted molar refractivity (Wildman–Crippen MR) is 130 cm³/mol. The summed E-state index contributed by atoms with van der Waals surface area (Å²) in [6.45, 7) is 4.24. The fraction of sp³-hybridized carbons (Fsp3) is 0.500. The number of benzene rings is 1. The van der Waals surface area contributed by atoms with Crippen molar-refractivity contribution >= 4 is 21.6 Å². The summed E-state index contributed by atoms with van der Waals surface area (Å²) in [7, 11) is 2.19. The van der Waals surface area contributed by atoms with Crippen molar-refractivity contribution in [3.05, 3.63) is 63.4 Å². The maximum Gasteiger partial charge on any atom is 0.459 e. The van der Waals surface area contributed by atoms with Gasteiger partial charge in [-0.3, -0.25) is 23.7 Å². The van der Waals surface area contributed by atoms with Gasteiger partial charge in [0.15, 0.2) is 0 Å². The molecular formula is C22H29BN3O9P. The summed E-state index contributed by atoms with van der Waals surface area (Å²) < 4.78 is 36.8. The van der Waals surface area contributed by atoms with E-state index in [1.165, 1.54) is 13.1 Å². The Morgan fingerprint density at radius 2 is 2.03 bits per heavy atom. The number of rotatable bonds is 11. The van der Waals surface area contributed by atoms with Crippen LogP contribution in [-0.2, 0) is 23.4 Å². The van der Waals surface area contributed by atoms with Crippen molar-refractivity contribution in [1.82, 2.24) is 14.6 Å². The zero-order chi connectivity index (χ0) is 26.5. The number of aliphatic hydroxyl groups excluding tert-OH is 1. The van der Waals surface area contributed by atoms with Crippen LogP contribution in [0.2, 0.25) is 5.31 Å². The minimum absolute atomic E-state index is 0.0845. The summed E-state index contributed by atoms with van der Waals surface area (Å²) in [5, 5.41) is 12.1. The van der Waals surface area contributed by atoms with Gasteiger partial charge in [-0.1, -0.05) is 32.0 Å². The van der Waals surface area contributed by atoms with Crippen LogP contribution in [0.25, 0.3) is 0 Å². The molecule has 36 heavy (non-hydrogen) atoms.